The summed E-state index contributed by atoms with van der Waals surface area (Å²) in [5.74, 6) is -1.13. The molecule has 1 aliphatic heterocycles. The summed E-state index contributed by atoms with van der Waals surface area (Å²) in [5, 5.41) is 21.2. The summed E-state index contributed by atoms with van der Waals surface area (Å²) in [5.41, 5.74) is -0.118. The van der Waals surface area contributed by atoms with E-state index in [1.807, 2.05) is 0 Å². The number of carboxylic acid groups (broad SMARTS) is 1. The van der Waals surface area contributed by atoms with E-state index in [2.05, 4.69) is 20.9 Å². The van der Waals surface area contributed by atoms with Crippen molar-refractivity contribution in [1.82, 2.24) is 25.6 Å². The number of carbonyl (C=O) groups is 2. The zero-order chi connectivity index (χ0) is 14.4. The Bertz CT molecular complexity index is 469. The highest BCUT2D eigenvalue weighted by Gasteiger charge is 2.15. The molecule has 2 amide bonds. The molecule has 1 atom stereocenters. The van der Waals surface area contributed by atoms with Crippen molar-refractivity contribution >= 4 is 12.0 Å². The highest BCUT2D eigenvalue weighted by atomic mass is 16.5. The van der Waals surface area contributed by atoms with E-state index in [9.17, 15) is 9.59 Å². The summed E-state index contributed by atoms with van der Waals surface area (Å²) >= 11 is 0. The second kappa shape index (κ2) is 6.85. The summed E-state index contributed by atoms with van der Waals surface area (Å²) in [6.07, 6.45) is 3.42. The Morgan fingerprint density at radius 3 is 3.00 bits per heavy atom. The lowest BCUT2D eigenvalue weighted by molar-refractivity contribution is 0.0690. The predicted octanol–water partition coefficient (Wildman–Crippen LogP) is -0.545. The molecule has 2 rings (SSSR count). The van der Waals surface area contributed by atoms with Gasteiger partial charge in [0.25, 0.3) is 0 Å². The minimum atomic E-state index is -1.13. The van der Waals surface area contributed by atoms with Crippen molar-refractivity contribution in [1.29, 1.82) is 0 Å². The molecule has 0 bridgehead atoms. The molecule has 1 aromatic heterocycles. The van der Waals surface area contributed by atoms with Gasteiger partial charge in [0.05, 0.1) is 18.8 Å². The van der Waals surface area contributed by atoms with Crippen LogP contribution in [0.25, 0.3) is 0 Å². The van der Waals surface area contributed by atoms with Crippen molar-refractivity contribution in [3.8, 4) is 0 Å². The number of rotatable bonds is 6. The Balaban J connectivity index is 1.61. The molecular weight excluding hydrogens is 266 g/mol. The number of hydrogen-bond acceptors (Lipinski definition) is 5. The van der Waals surface area contributed by atoms with Gasteiger partial charge >= 0.3 is 12.0 Å². The third-order valence-corrected chi connectivity index (χ3v) is 2.90. The number of carboxylic acids is 1. The first-order valence-corrected chi connectivity index (χ1v) is 6.42. The molecule has 1 saturated heterocycles. The number of urea groups is 1. The molecule has 0 saturated carbocycles. The smallest absolute Gasteiger partial charge is 0.358 e. The van der Waals surface area contributed by atoms with E-state index in [0.717, 1.165) is 19.4 Å². The molecule has 110 valence electrons. The molecule has 1 aromatic rings. The van der Waals surface area contributed by atoms with Gasteiger partial charge in [0, 0.05) is 19.7 Å². The van der Waals surface area contributed by atoms with Gasteiger partial charge in [0.15, 0.2) is 5.69 Å². The highest BCUT2D eigenvalue weighted by Crippen LogP contribution is 2.10. The van der Waals surface area contributed by atoms with E-state index >= 15 is 0 Å². The van der Waals surface area contributed by atoms with Gasteiger partial charge in [-0.25, -0.2) is 14.3 Å². The van der Waals surface area contributed by atoms with Gasteiger partial charge in [-0.3, -0.25) is 0 Å². The number of carbonyl (C=O) groups excluding carboxylic acids is 1. The summed E-state index contributed by atoms with van der Waals surface area (Å²) in [6, 6.07) is -0.279. The van der Waals surface area contributed by atoms with Crippen molar-refractivity contribution < 1.29 is 19.4 Å². The summed E-state index contributed by atoms with van der Waals surface area (Å²) in [4.78, 5) is 22.1. The maximum Gasteiger partial charge on any atom is 0.358 e. The van der Waals surface area contributed by atoms with Crippen LogP contribution in [-0.2, 0) is 11.3 Å². The van der Waals surface area contributed by atoms with Gasteiger partial charge in [-0.1, -0.05) is 5.21 Å². The van der Waals surface area contributed by atoms with Crippen LogP contribution in [0.2, 0.25) is 0 Å². The lowest BCUT2D eigenvalue weighted by atomic mass is 10.2. The predicted molar refractivity (Wildman–Crippen MR) is 67.4 cm³/mol. The number of nitrogens with one attached hydrogen (secondary N) is 2. The second-order valence-electron chi connectivity index (χ2n) is 4.44. The number of nitrogens with zero attached hydrogens (tertiary/aromatic N) is 3. The first-order chi connectivity index (χ1) is 9.65. The molecule has 20 heavy (non-hydrogen) atoms. The topological polar surface area (TPSA) is 118 Å². The summed E-state index contributed by atoms with van der Waals surface area (Å²) < 4.78 is 6.75. The highest BCUT2D eigenvalue weighted by molar-refractivity contribution is 5.84. The van der Waals surface area contributed by atoms with E-state index in [-0.39, 0.29) is 17.8 Å². The largest absolute Gasteiger partial charge is 0.476 e. The average molecular weight is 283 g/mol. The van der Waals surface area contributed by atoms with Crippen LogP contribution < -0.4 is 10.6 Å². The van der Waals surface area contributed by atoms with Gasteiger partial charge in [-0.05, 0) is 12.8 Å². The Morgan fingerprint density at radius 1 is 1.50 bits per heavy atom. The third-order valence-electron chi connectivity index (χ3n) is 2.90. The average Bonchev–Trinajstić information content (AvgIpc) is 3.07. The first-order valence-electron chi connectivity index (χ1n) is 6.42. The van der Waals surface area contributed by atoms with E-state index in [1.54, 1.807) is 0 Å². The Labute approximate surface area is 115 Å². The summed E-state index contributed by atoms with van der Waals surface area (Å²) in [7, 11) is 0. The zero-order valence-corrected chi connectivity index (χ0v) is 10.9. The van der Waals surface area contributed by atoms with E-state index in [4.69, 9.17) is 9.84 Å². The molecular formula is C11H17N5O4. The van der Waals surface area contributed by atoms with Crippen molar-refractivity contribution in [2.45, 2.75) is 25.5 Å². The molecule has 1 aliphatic rings. The standard InChI is InChI=1S/C11H17N5O4/c17-10(18)9-7-16(15-14-9)4-3-12-11(19)13-6-8-2-1-5-20-8/h7-8H,1-6H2,(H,17,18)(H2,12,13,19). The van der Waals surface area contributed by atoms with Gasteiger partial charge in [-0.15, -0.1) is 5.10 Å². The minimum absolute atomic E-state index is 0.106. The fourth-order valence-corrected chi connectivity index (χ4v) is 1.86. The molecule has 3 N–H and O–H groups in total. The van der Waals surface area contributed by atoms with E-state index in [0.29, 0.717) is 19.6 Å². The van der Waals surface area contributed by atoms with E-state index in [1.165, 1.54) is 10.9 Å². The molecule has 9 heteroatoms. The van der Waals surface area contributed by atoms with Gasteiger partial charge in [0.2, 0.25) is 0 Å². The molecule has 0 aromatic carbocycles. The minimum Gasteiger partial charge on any atom is -0.476 e. The number of ether oxygens (including phenoxy) is 1. The van der Waals surface area contributed by atoms with E-state index < -0.39 is 5.97 Å². The second-order valence-corrected chi connectivity index (χ2v) is 4.44. The lowest BCUT2D eigenvalue weighted by Gasteiger charge is -2.11. The SMILES string of the molecule is O=C(NCCn1cc(C(=O)O)nn1)NCC1CCCO1. The van der Waals surface area contributed by atoms with Crippen LogP contribution in [0.15, 0.2) is 6.20 Å². The number of aromatic carboxylic acids is 1. The van der Waals surface area contributed by atoms with Gasteiger partial charge in [0.1, 0.15) is 0 Å². The molecule has 1 fully saturated rings. The van der Waals surface area contributed by atoms with Crippen molar-refractivity contribution in [2.24, 2.45) is 0 Å². The monoisotopic (exact) mass is 283 g/mol. The zero-order valence-electron chi connectivity index (χ0n) is 10.9. The van der Waals surface area contributed by atoms with Crippen LogP contribution in [0.5, 0.6) is 0 Å². The van der Waals surface area contributed by atoms with Crippen LogP contribution in [0.3, 0.4) is 0 Å². The van der Waals surface area contributed by atoms with Crippen LogP contribution in [0.1, 0.15) is 23.3 Å². The third kappa shape index (κ3) is 4.19. The van der Waals surface area contributed by atoms with Crippen molar-refractivity contribution in [2.75, 3.05) is 19.7 Å². The molecule has 0 radical (unpaired) electrons. The van der Waals surface area contributed by atoms with Crippen LogP contribution in [-0.4, -0.2) is 57.9 Å². The van der Waals surface area contributed by atoms with Gasteiger partial charge in [-0.2, -0.15) is 0 Å². The number of aromatic nitrogens is 3. The quantitative estimate of drug-likeness (QED) is 0.645. The van der Waals surface area contributed by atoms with Gasteiger partial charge < -0.3 is 20.5 Å². The molecule has 0 aliphatic carbocycles. The maximum atomic E-state index is 11.5. The Morgan fingerprint density at radius 2 is 2.35 bits per heavy atom. The lowest BCUT2D eigenvalue weighted by Crippen LogP contribution is -2.40. The molecule has 1 unspecified atom stereocenters. The number of amides is 2. The van der Waals surface area contributed by atoms with Crippen LogP contribution in [0.4, 0.5) is 4.79 Å². The molecule has 9 nitrogen and oxygen atoms in total. The van der Waals surface area contributed by atoms with Crippen molar-refractivity contribution in [3.63, 3.8) is 0 Å². The van der Waals surface area contributed by atoms with Crippen LogP contribution in [0, 0.1) is 0 Å². The molecule has 0 spiro atoms. The fourth-order valence-electron chi connectivity index (χ4n) is 1.86. The molecule has 2 heterocycles. The van der Waals surface area contributed by atoms with Crippen molar-refractivity contribution in [3.05, 3.63) is 11.9 Å². The number of hydrogen-bond donors (Lipinski definition) is 3. The normalized spacial score (nSPS) is 17.9. The Kier molecular flexibility index (Phi) is 4.88. The fraction of sp³-hybridized carbons (Fsp3) is 0.636. The first kappa shape index (κ1) is 14.3. The Hall–Kier alpha value is -2.16. The maximum absolute atomic E-state index is 11.5. The van der Waals surface area contributed by atoms with Crippen LogP contribution >= 0.6 is 0 Å². The summed E-state index contributed by atoms with van der Waals surface area (Å²) in [6.45, 7) is 1.94.